The molecule has 0 bridgehead atoms. The smallest absolute Gasteiger partial charge is 0.257 e. The van der Waals surface area contributed by atoms with Crippen LogP contribution < -0.4 is 14.4 Å². The second kappa shape index (κ2) is 7.44. The summed E-state index contributed by atoms with van der Waals surface area (Å²) >= 11 is 0. The van der Waals surface area contributed by atoms with Crippen molar-refractivity contribution in [3.05, 3.63) is 54.1 Å². The van der Waals surface area contributed by atoms with Crippen LogP contribution in [0.2, 0.25) is 0 Å². The molecule has 1 fully saturated rings. The predicted molar refractivity (Wildman–Crippen MR) is 95.2 cm³/mol. The highest BCUT2D eigenvalue weighted by molar-refractivity contribution is 5.97. The van der Waals surface area contributed by atoms with Crippen LogP contribution in [0.4, 0.5) is 5.69 Å². The Morgan fingerprint density at radius 3 is 2.48 bits per heavy atom. The van der Waals surface area contributed by atoms with Gasteiger partial charge in [0.2, 0.25) is 0 Å². The number of likely N-dealkylation sites (tertiary alicyclic amines) is 1. The van der Waals surface area contributed by atoms with E-state index in [1.807, 2.05) is 35.2 Å². The lowest BCUT2D eigenvalue weighted by atomic mass is 10.0. The molecule has 0 unspecified atom stereocenters. The van der Waals surface area contributed by atoms with Gasteiger partial charge in [-0.15, -0.1) is 0 Å². The summed E-state index contributed by atoms with van der Waals surface area (Å²) in [6, 6.07) is 15.0. The molecular formula is C19H22N2O4. The van der Waals surface area contributed by atoms with E-state index in [9.17, 15) is 9.90 Å². The van der Waals surface area contributed by atoms with Gasteiger partial charge in [-0.25, -0.2) is 0 Å². The summed E-state index contributed by atoms with van der Waals surface area (Å²) in [5, 5.41) is 9.69. The van der Waals surface area contributed by atoms with E-state index in [-0.39, 0.29) is 18.7 Å². The summed E-state index contributed by atoms with van der Waals surface area (Å²) in [4.78, 5) is 16.4. The summed E-state index contributed by atoms with van der Waals surface area (Å²) in [5.74, 6) is 1.06. The molecule has 1 amide bonds. The minimum Gasteiger partial charge on any atom is -0.497 e. The Hall–Kier alpha value is -2.73. The number of aliphatic hydroxyl groups excluding tert-OH is 1. The second-order valence-electron chi connectivity index (χ2n) is 5.88. The summed E-state index contributed by atoms with van der Waals surface area (Å²) < 4.78 is 10.5. The van der Waals surface area contributed by atoms with Crippen LogP contribution in [0.25, 0.3) is 0 Å². The summed E-state index contributed by atoms with van der Waals surface area (Å²) in [7, 11) is 3.11. The van der Waals surface area contributed by atoms with Crippen molar-refractivity contribution >= 4 is 11.6 Å². The van der Waals surface area contributed by atoms with Crippen molar-refractivity contribution in [2.24, 2.45) is 0 Å². The lowest BCUT2D eigenvalue weighted by molar-refractivity contribution is 0.0575. The van der Waals surface area contributed by atoms with E-state index >= 15 is 0 Å². The first-order valence-electron chi connectivity index (χ1n) is 8.11. The number of benzene rings is 2. The van der Waals surface area contributed by atoms with Gasteiger partial charge in [-0.05, 0) is 24.3 Å². The van der Waals surface area contributed by atoms with E-state index < -0.39 is 0 Å². The van der Waals surface area contributed by atoms with Crippen LogP contribution >= 0.6 is 0 Å². The molecule has 1 aliphatic rings. The summed E-state index contributed by atoms with van der Waals surface area (Å²) in [6.07, 6.45) is 0. The topological polar surface area (TPSA) is 62.2 Å². The SMILES string of the molecule is COc1ccc(C(=O)N2CC(N(CO)c3ccccc3)C2)c(OC)c1. The van der Waals surface area contributed by atoms with Gasteiger partial charge >= 0.3 is 0 Å². The standard InChI is InChI=1S/C19H22N2O4/c1-24-16-8-9-17(18(10-16)25-2)19(23)20-11-15(12-20)21(13-22)14-6-4-3-5-7-14/h3-10,15,22H,11-13H2,1-2H3. The number of amides is 1. The molecule has 6 heteroatoms. The lowest BCUT2D eigenvalue weighted by Crippen LogP contribution is -2.61. The molecule has 1 N–H and O–H groups in total. The van der Waals surface area contributed by atoms with Gasteiger partial charge in [0, 0.05) is 24.8 Å². The molecule has 3 rings (SSSR count). The normalized spacial score (nSPS) is 14.0. The summed E-state index contributed by atoms with van der Waals surface area (Å²) in [5.41, 5.74) is 1.46. The highest BCUT2D eigenvalue weighted by Crippen LogP contribution is 2.29. The van der Waals surface area contributed by atoms with Gasteiger partial charge in [0.25, 0.3) is 5.91 Å². The maximum Gasteiger partial charge on any atom is 0.257 e. The molecule has 2 aromatic carbocycles. The van der Waals surface area contributed by atoms with E-state index in [2.05, 4.69) is 0 Å². The number of hydrogen-bond donors (Lipinski definition) is 1. The lowest BCUT2D eigenvalue weighted by Gasteiger charge is -2.45. The molecular weight excluding hydrogens is 320 g/mol. The average Bonchev–Trinajstić information content (AvgIpc) is 2.63. The number of methoxy groups -OCH3 is 2. The van der Waals surface area contributed by atoms with Gasteiger partial charge in [-0.1, -0.05) is 18.2 Å². The Balaban J connectivity index is 1.69. The Kier molecular flexibility index (Phi) is 5.09. The van der Waals surface area contributed by atoms with Crippen LogP contribution in [0.5, 0.6) is 11.5 Å². The predicted octanol–water partition coefficient (Wildman–Crippen LogP) is 1.98. The van der Waals surface area contributed by atoms with Crippen molar-refractivity contribution in [1.29, 1.82) is 0 Å². The fourth-order valence-electron chi connectivity index (χ4n) is 2.99. The van der Waals surface area contributed by atoms with E-state index in [0.29, 0.717) is 30.2 Å². The summed E-state index contributed by atoms with van der Waals surface area (Å²) in [6.45, 7) is 1.04. The number of aliphatic hydroxyl groups is 1. The van der Waals surface area contributed by atoms with Crippen LogP contribution in [0.1, 0.15) is 10.4 Å². The van der Waals surface area contributed by atoms with Crippen molar-refractivity contribution in [2.45, 2.75) is 6.04 Å². The molecule has 132 valence electrons. The van der Waals surface area contributed by atoms with Gasteiger partial charge in [0.05, 0.1) is 25.8 Å². The molecule has 0 atom stereocenters. The fourth-order valence-corrected chi connectivity index (χ4v) is 2.99. The van der Waals surface area contributed by atoms with E-state index in [1.54, 1.807) is 30.2 Å². The van der Waals surface area contributed by atoms with Crippen LogP contribution in [-0.2, 0) is 0 Å². The number of carbonyl (C=O) groups is 1. The minimum atomic E-state index is -0.0818. The number of ether oxygens (including phenoxy) is 2. The number of para-hydroxylation sites is 1. The van der Waals surface area contributed by atoms with Gasteiger partial charge < -0.3 is 24.4 Å². The third-order valence-electron chi connectivity index (χ3n) is 4.47. The van der Waals surface area contributed by atoms with Crippen molar-refractivity contribution in [3.63, 3.8) is 0 Å². The number of hydrogen-bond acceptors (Lipinski definition) is 5. The first-order chi connectivity index (χ1) is 12.2. The number of nitrogens with zero attached hydrogens (tertiary/aromatic N) is 2. The highest BCUT2D eigenvalue weighted by Gasteiger charge is 2.36. The van der Waals surface area contributed by atoms with Gasteiger partial charge in [-0.3, -0.25) is 4.79 Å². The number of carbonyl (C=O) groups excluding carboxylic acids is 1. The van der Waals surface area contributed by atoms with Crippen LogP contribution in [0.3, 0.4) is 0 Å². The zero-order chi connectivity index (χ0) is 17.8. The van der Waals surface area contributed by atoms with Gasteiger partial charge in [0.1, 0.15) is 18.2 Å². The van der Waals surface area contributed by atoms with E-state index in [4.69, 9.17) is 9.47 Å². The molecule has 0 spiro atoms. The van der Waals surface area contributed by atoms with Crippen LogP contribution in [-0.4, -0.2) is 56.0 Å². The Morgan fingerprint density at radius 2 is 1.88 bits per heavy atom. The van der Waals surface area contributed by atoms with Crippen molar-refractivity contribution < 1.29 is 19.4 Å². The van der Waals surface area contributed by atoms with Gasteiger partial charge in [-0.2, -0.15) is 0 Å². The molecule has 0 saturated carbocycles. The first kappa shape index (κ1) is 17.1. The molecule has 0 radical (unpaired) electrons. The Labute approximate surface area is 147 Å². The third-order valence-corrected chi connectivity index (χ3v) is 4.47. The minimum absolute atomic E-state index is 0.0808. The van der Waals surface area contributed by atoms with Crippen molar-refractivity contribution in [1.82, 2.24) is 4.90 Å². The van der Waals surface area contributed by atoms with Crippen molar-refractivity contribution in [2.75, 3.05) is 38.9 Å². The molecule has 0 aliphatic carbocycles. The van der Waals surface area contributed by atoms with Gasteiger partial charge in [0.15, 0.2) is 0 Å². The Morgan fingerprint density at radius 1 is 1.16 bits per heavy atom. The molecule has 1 heterocycles. The van der Waals surface area contributed by atoms with Crippen LogP contribution in [0, 0.1) is 0 Å². The largest absolute Gasteiger partial charge is 0.497 e. The zero-order valence-corrected chi connectivity index (χ0v) is 14.4. The van der Waals surface area contributed by atoms with Crippen molar-refractivity contribution in [3.8, 4) is 11.5 Å². The van der Waals surface area contributed by atoms with E-state index in [0.717, 1.165) is 5.69 Å². The average molecular weight is 342 g/mol. The highest BCUT2D eigenvalue weighted by atomic mass is 16.5. The molecule has 2 aromatic rings. The maximum atomic E-state index is 12.7. The fraction of sp³-hybridized carbons (Fsp3) is 0.316. The maximum absolute atomic E-state index is 12.7. The molecule has 6 nitrogen and oxygen atoms in total. The second-order valence-corrected chi connectivity index (χ2v) is 5.88. The third kappa shape index (κ3) is 3.39. The number of anilines is 1. The van der Waals surface area contributed by atoms with Crippen LogP contribution in [0.15, 0.2) is 48.5 Å². The Bertz CT molecular complexity index is 729. The molecule has 1 aliphatic heterocycles. The molecule has 0 aromatic heterocycles. The monoisotopic (exact) mass is 342 g/mol. The zero-order valence-electron chi connectivity index (χ0n) is 14.4. The quantitative estimate of drug-likeness (QED) is 0.814. The molecule has 25 heavy (non-hydrogen) atoms. The number of rotatable bonds is 6. The molecule has 1 saturated heterocycles. The van der Waals surface area contributed by atoms with E-state index in [1.165, 1.54) is 7.11 Å². The first-order valence-corrected chi connectivity index (χ1v) is 8.11.